The molecule has 3 aromatic rings. The lowest BCUT2D eigenvalue weighted by Gasteiger charge is -2.30. The molecule has 1 fully saturated rings. The topological polar surface area (TPSA) is 63.1 Å². The van der Waals surface area contributed by atoms with Crippen LogP contribution >= 0.6 is 0 Å². The van der Waals surface area contributed by atoms with E-state index in [4.69, 9.17) is 0 Å². The Hall–Kier alpha value is -3.60. The zero-order chi connectivity index (χ0) is 21.8. The molecule has 1 aliphatic heterocycles. The van der Waals surface area contributed by atoms with E-state index < -0.39 is 5.54 Å². The predicted octanol–water partition coefficient (Wildman–Crippen LogP) is 4.05. The Labute approximate surface area is 182 Å². The number of benzene rings is 2. The smallest absolute Gasteiger partial charge is 0.320 e. The maximum absolute atomic E-state index is 12.4. The first-order valence-electron chi connectivity index (χ1n) is 10.6. The molecule has 0 bridgehead atoms. The Kier molecular flexibility index (Phi) is 5.76. The van der Waals surface area contributed by atoms with Gasteiger partial charge < -0.3 is 15.2 Å². The van der Waals surface area contributed by atoms with Crippen molar-refractivity contribution in [2.24, 2.45) is 0 Å². The van der Waals surface area contributed by atoms with Crippen LogP contribution in [0.15, 0.2) is 90.0 Å². The molecule has 1 atom stereocenters. The first-order chi connectivity index (χ1) is 15.0. The number of aryl methyl sites for hydroxylation is 4. The van der Waals surface area contributed by atoms with Gasteiger partial charge in [0.15, 0.2) is 0 Å². The monoisotopic (exact) mass is 413 g/mol. The highest BCUT2D eigenvalue weighted by atomic mass is 16.2. The Morgan fingerprint density at radius 1 is 0.903 bits per heavy atom. The third-order valence-corrected chi connectivity index (χ3v) is 6.04. The minimum atomic E-state index is -0.752. The molecule has 2 aromatic carbocycles. The van der Waals surface area contributed by atoms with E-state index >= 15 is 0 Å². The number of carbonyl (C=O) groups is 1. The largest absolute Gasteiger partial charge is 0.323 e. The number of carbonyl (C=O) groups excluding carboxylic acids is 1. The molecule has 1 aromatic heterocycles. The molecule has 31 heavy (non-hydrogen) atoms. The molecule has 2 N–H and O–H groups in total. The van der Waals surface area contributed by atoms with Gasteiger partial charge in [-0.3, -0.25) is 4.79 Å². The number of hydrogen-bond donors (Lipinski definition) is 2. The standard InChI is InChI=1S/C26H27N3O2/c1-19-7-6-17-29(24(19)30)18-16-26(20(2)27-25(31)28-26)23-14-12-22(13-15-23)11-10-21-8-4-3-5-9-21/h3-9,12-15,17H,2,10-11,16,18H2,1H3,(H2,27,28,31). The summed E-state index contributed by atoms with van der Waals surface area (Å²) in [5.74, 6) is 0. The molecule has 0 radical (unpaired) electrons. The van der Waals surface area contributed by atoms with Gasteiger partial charge in [-0.1, -0.05) is 67.2 Å². The number of amides is 2. The molecule has 2 amide bonds. The lowest BCUT2D eigenvalue weighted by atomic mass is 9.84. The number of hydrogen-bond acceptors (Lipinski definition) is 2. The summed E-state index contributed by atoms with van der Waals surface area (Å²) in [6.45, 7) is 6.38. The van der Waals surface area contributed by atoms with Gasteiger partial charge in [-0.25, -0.2) is 4.79 Å². The average molecular weight is 414 g/mol. The molecular weight excluding hydrogens is 386 g/mol. The van der Waals surface area contributed by atoms with Gasteiger partial charge in [-0.15, -0.1) is 0 Å². The summed E-state index contributed by atoms with van der Waals surface area (Å²) in [6, 6.07) is 22.1. The van der Waals surface area contributed by atoms with E-state index in [9.17, 15) is 9.59 Å². The number of urea groups is 1. The molecule has 1 saturated heterocycles. The fourth-order valence-corrected chi connectivity index (χ4v) is 4.16. The highest BCUT2D eigenvalue weighted by Gasteiger charge is 2.42. The van der Waals surface area contributed by atoms with E-state index in [1.54, 1.807) is 23.8 Å². The van der Waals surface area contributed by atoms with E-state index in [1.807, 2.05) is 12.1 Å². The van der Waals surface area contributed by atoms with Crippen LogP contribution in [0, 0.1) is 6.92 Å². The number of rotatable bonds is 7. The average Bonchev–Trinajstić information content (AvgIpc) is 3.08. The molecular formula is C26H27N3O2. The van der Waals surface area contributed by atoms with Crippen LogP contribution in [0.3, 0.4) is 0 Å². The Bertz CT molecular complexity index is 1150. The lowest BCUT2D eigenvalue weighted by molar-refractivity contribution is 0.243. The first kappa shape index (κ1) is 20.7. The first-order valence-corrected chi connectivity index (χ1v) is 10.6. The van der Waals surface area contributed by atoms with E-state index in [0.717, 1.165) is 18.4 Å². The molecule has 0 aliphatic carbocycles. The third-order valence-electron chi connectivity index (χ3n) is 6.04. The van der Waals surface area contributed by atoms with E-state index in [0.29, 0.717) is 24.2 Å². The maximum Gasteiger partial charge on any atom is 0.320 e. The van der Waals surface area contributed by atoms with Crippen LogP contribution in [0.5, 0.6) is 0 Å². The van der Waals surface area contributed by atoms with Crippen molar-refractivity contribution in [2.75, 3.05) is 0 Å². The van der Waals surface area contributed by atoms with Crippen LogP contribution in [0.1, 0.15) is 28.7 Å². The van der Waals surface area contributed by atoms with E-state index in [2.05, 4.69) is 65.7 Å². The van der Waals surface area contributed by atoms with Crippen molar-refractivity contribution in [2.45, 2.75) is 38.3 Å². The number of nitrogens with one attached hydrogen (secondary N) is 2. The van der Waals surface area contributed by atoms with E-state index in [-0.39, 0.29) is 11.6 Å². The van der Waals surface area contributed by atoms with Crippen molar-refractivity contribution < 1.29 is 4.79 Å². The normalized spacial score (nSPS) is 18.0. The quantitative estimate of drug-likeness (QED) is 0.614. The summed E-state index contributed by atoms with van der Waals surface area (Å²) in [6.07, 6.45) is 4.23. The van der Waals surface area contributed by atoms with Gasteiger partial charge in [0.25, 0.3) is 5.56 Å². The zero-order valence-electron chi connectivity index (χ0n) is 17.7. The van der Waals surface area contributed by atoms with Gasteiger partial charge in [0, 0.05) is 24.0 Å². The molecule has 0 spiro atoms. The summed E-state index contributed by atoms with van der Waals surface area (Å²) in [7, 11) is 0. The fourth-order valence-electron chi connectivity index (χ4n) is 4.16. The van der Waals surface area contributed by atoms with Gasteiger partial charge in [0.2, 0.25) is 0 Å². The van der Waals surface area contributed by atoms with Crippen molar-refractivity contribution in [3.05, 3.63) is 118 Å². The number of nitrogens with zero attached hydrogens (tertiary/aromatic N) is 1. The van der Waals surface area contributed by atoms with E-state index in [1.165, 1.54) is 11.1 Å². The van der Waals surface area contributed by atoms with Crippen LogP contribution in [0.25, 0.3) is 0 Å². The summed E-state index contributed by atoms with van der Waals surface area (Å²) in [5.41, 5.74) is 4.05. The van der Waals surface area contributed by atoms with Gasteiger partial charge in [-0.05, 0) is 48.9 Å². The van der Waals surface area contributed by atoms with Crippen molar-refractivity contribution in [1.29, 1.82) is 0 Å². The predicted molar refractivity (Wildman–Crippen MR) is 123 cm³/mol. The molecule has 0 saturated carbocycles. The van der Waals surface area contributed by atoms with Crippen LogP contribution in [-0.4, -0.2) is 10.6 Å². The van der Waals surface area contributed by atoms with Crippen molar-refractivity contribution >= 4 is 6.03 Å². The van der Waals surface area contributed by atoms with Gasteiger partial charge in [-0.2, -0.15) is 0 Å². The molecule has 5 heteroatoms. The number of pyridine rings is 1. The summed E-state index contributed by atoms with van der Waals surface area (Å²) in [4.78, 5) is 24.6. The van der Waals surface area contributed by atoms with Gasteiger partial charge >= 0.3 is 6.03 Å². The van der Waals surface area contributed by atoms with Crippen LogP contribution in [-0.2, 0) is 24.9 Å². The minimum absolute atomic E-state index is 0.0168. The lowest BCUT2D eigenvalue weighted by Crippen LogP contribution is -2.41. The molecule has 1 aliphatic rings. The Morgan fingerprint density at radius 3 is 2.23 bits per heavy atom. The van der Waals surface area contributed by atoms with Crippen molar-refractivity contribution in [3.63, 3.8) is 0 Å². The van der Waals surface area contributed by atoms with Gasteiger partial charge in [0.05, 0.1) is 0 Å². The Morgan fingerprint density at radius 2 is 1.58 bits per heavy atom. The SMILES string of the molecule is C=C1NC(=O)NC1(CCn1cccc(C)c1=O)c1ccc(CCc2ccccc2)cc1. The molecule has 4 rings (SSSR count). The second kappa shape index (κ2) is 8.64. The van der Waals surface area contributed by atoms with Crippen LogP contribution < -0.4 is 16.2 Å². The van der Waals surface area contributed by atoms with Crippen molar-refractivity contribution in [1.82, 2.24) is 15.2 Å². The zero-order valence-corrected chi connectivity index (χ0v) is 17.7. The summed E-state index contributed by atoms with van der Waals surface area (Å²) >= 11 is 0. The third kappa shape index (κ3) is 4.31. The highest BCUT2D eigenvalue weighted by molar-refractivity contribution is 5.82. The second-order valence-corrected chi connectivity index (χ2v) is 8.09. The van der Waals surface area contributed by atoms with Gasteiger partial charge in [0.1, 0.15) is 5.54 Å². The van der Waals surface area contributed by atoms with Crippen molar-refractivity contribution in [3.8, 4) is 0 Å². The molecule has 158 valence electrons. The summed E-state index contributed by atoms with van der Waals surface area (Å²) < 4.78 is 1.68. The fraction of sp³-hybridized carbons (Fsp3) is 0.231. The maximum atomic E-state index is 12.4. The summed E-state index contributed by atoms with van der Waals surface area (Å²) in [5, 5.41) is 5.85. The molecule has 5 nitrogen and oxygen atoms in total. The second-order valence-electron chi connectivity index (χ2n) is 8.09. The molecule has 1 unspecified atom stereocenters. The molecule has 2 heterocycles. The van der Waals surface area contributed by atoms with Crippen LogP contribution in [0.4, 0.5) is 4.79 Å². The Balaban J connectivity index is 1.55. The minimum Gasteiger partial charge on any atom is -0.323 e. The number of aromatic nitrogens is 1. The highest BCUT2D eigenvalue weighted by Crippen LogP contribution is 2.35. The van der Waals surface area contributed by atoms with Crippen LogP contribution in [0.2, 0.25) is 0 Å².